The van der Waals surface area contributed by atoms with Crippen LogP contribution >= 0.6 is 0 Å². The summed E-state index contributed by atoms with van der Waals surface area (Å²) in [6, 6.07) is 14.0. The molecule has 0 aliphatic rings. The van der Waals surface area contributed by atoms with Crippen molar-refractivity contribution in [1.29, 1.82) is 0 Å². The molecular formula is C25H23F3N4O2. The lowest BCUT2D eigenvalue weighted by Gasteiger charge is -2.14. The highest BCUT2D eigenvalue weighted by molar-refractivity contribution is 5.91. The van der Waals surface area contributed by atoms with Crippen molar-refractivity contribution < 1.29 is 17.9 Å². The van der Waals surface area contributed by atoms with Gasteiger partial charge in [-0.15, -0.1) is 0 Å². The van der Waals surface area contributed by atoms with Gasteiger partial charge in [0.05, 0.1) is 24.8 Å². The molecule has 0 amide bonds. The van der Waals surface area contributed by atoms with E-state index in [0.717, 1.165) is 17.7 Å². The summed E-state index contributed by atoms with van der Waals surface area (Å²) in [4.78, 5) is 19.9. The molecule has 0 saturated heterocycles. The molecule has 0 saturated carbocycles. The predicted octanol–water partition coefficient (Wildman–Crippen LogP) is 5.29. The van der Waals surface area contributed by atoms with Gasteiger partial charge in [0.25, 0.3) is 5.56 Å². The van der Waals surface area contributed by atoms with Crippen molar-refractivity contribution in [1.82, 2.24) is 19.7 Å². The van der Waals surface area contributed by atoms with E-state index < -0.39 is 11.7 Å². The average molecular weight is 468 g/mol. The second-order valence-electron chi connectivity index (χ2n) is 8.05. The van der Waals surface area contributed by atoms with E-state index in [9.17, 15) is 18.0 Å². The molecule has 9 heteroatoms. The van der Waals surface area contributed by atoms with Crippen LogP contribution in [0.25, 0.3) is 16.6 Å². The van der Waals surface area contributed by atoms with Crippen LogP contribution < -0.4 is 5.56 Å². The standard InChI is InChI=1S/C25H23F3N4O2/c1-15(13-34-14-18-7-5-4-6-8-18)32-23-22(29-17(3)30-24(23)33)21(31-32)16(2)19-9-11-20(12-10-19)25(26,27)28/h4-12,15H,2,13-14H2,1,3H3,(H,29,30,33)/t15-/m1/s1. The molecule has 0 aliphatic heterocycles. The second kappa shape index (κ2) is 9.26. The van der Waals surface area contributed by atoms with Crippen LogP contribution in [0.5, 0.6) is 0 Å². The fourth-order valence-corrected chi connectivity index (χ4v) is 3.67. The Labute approximate surface area is 193 Å². The molecule has 6 nitrogen and oxygen atoms in total. The van der Waals surface area contributed by atoms with Crippen LogP contribution in [0, 0.1) is 6.92 Å². The number of hydrogen-bond acceptors (Lipinski definition) is 4. The number of fused-ring (bicyclic) bond motifs is 1. The number of benzene rings is 2. The van der Waals surface area contributed by atoms with Crippen molar-refractivity contribution in [2.75, 3.05) is 6.61 Å². The first-order valence-corrected chi connectivity index (χ1v) is 10.6. The Morgan fingerprint density at radius 3 is 2.47 bits per heavy atom. The lowest BCUT2D eigenvalue weighted by molar-refractivity contribution is -0.137. The fraction of sp³-hybridized carbons (Fsp3) is 0.240. The van der Waals surface area contributed by atoms with E-state index >= 15 is 0 Å². The Morgan fingerprint density at radius 2 is 1.82 bits per heavy atom. The van der Waals surface area contributed by atoms with Crippen molar-refractivity contribution in [3.05, 3.63) is 99.7 Å². The molecule has 0 aliphatic carbocycles. The highest BCUT2D eigenvalue weighted by Gasteiger charge is 2.30. The zero-order chi connectivity index (χ0) is 24.5. The number of halogens is 3. The monoisotopic (exact) mass is 468 g/mol. The van der Waals surface area contributed by atoms with Crippen molar-refractivity contribution >= 4 is 16.6 Å². The van der Waals surface area contributed by atoms with E-state index in [-0.39, 0.29) is 23.7 Å². The van der Waals surface area contributed by atoms with Crippen LogP contribution in [-0.4, -0.2) is 26.4 Å². The maximum Gasteiger partial charge on any atom is 0.416 e. The topological polar surface area (TPSA) is 72.8 Å². The van der Waals surface area contributed by atoms with Gasteiger partial charge in [0.1, 0.15) is 17.0 Å². The van der Waals surface area contributed by atoms with Gasteiger partial charge in [-0.2, -0.15) is 18.3 Å². The zero-order valence-corrected chi connectivity index (χ0v) is 18.7. The van der Waals surface area contributed by atoms with Crippen LogP contribution in [0.4, 0.5) is 13.2 Å². The van der Waals surface area contributed by atoms with Crippen LogP contribution in [0.3, 0.4) is 0 Å². The smallest absolute Gasteiger partial charge is 0.375 e. The van der Waals surface area contributed by atoms with Gasteiger partial charge < -0.3 is 9.72 Å². The summed E-state index contributed by atoms with van der Waals surface area (Å²) in [7, 11) is 0. The Balaban J connectivity index is 1.66. The lowest BCUT2D eigenvalue weighted by Crippen LogP contribution is -2.19. The molecule has 0 bridgehead atoms. The minimum Gasteiger partial charge on any atom is -0.375 e. The first kappa shape index (κ1) is 23.4. The van der Waals surface area contributed by atoms with Gasteiger partial charge in [-0.1, -0.05) is 49.0 Å². The van der Waals surface area contributed by atoms with Crippen molar-refractivity contribution in [2.24, 2.45) is 0 Å². The Morgan fingerprint density at radius 1 is 1.15 bits per heavy atom. The number of aromatic amines is 1. The number of alkyl halides is 3. The van der Waals surface area contributed by atoms with E-state index in [1.54, 1.807) is 6.92 Å². The largest absolute Gasteiger partial charge is 0.416 e. The molecule has 4 aromatic rings. The molecule has 0 fully saturated rings. The van der Waals surface area contributed by atoms with Crippen molar-refractivity contribution in [2.45, 2.75) is 32.7 Å². The molecule has 0 spiro atoms. The van der Waals surface area contributed by atoms with Gasteiger partial charge in [0, 0.05) is 5.57 Å². The van der Waals surface area contributed by atoms with Crippen molar-refractivity contribution in [3.63, 3.8) is 0 Å². The van der Waals surface area contributed by atoms with Crippen LogP contribution in [0.15, 0.2) is 66.0 Å². The molecule has 34 heavy (non-hydrogen) atoms. The van der Waals surface area contributed by atoms with Gasteiger partial charge in [0.15, 0.2) is 5.52 Å². The summed E-state index contributed by atoms with van der Waals surface area (Å²) in [5.41, 5.74) is 1.64. The average Bonchev–Trinajstić information content (AvgIpc) is 3.18. The van der Waals surface area contributed by atoms with Gasteiger partial charge >= 0.3 is 6.18 Å². The number of hydrogen-bond donors (Lipinski definition) is 1. The van der Waals surface area contributed by atoms with Gasteiger partial charge in [-0.25, -0.2) is 4.98 Å². The molecule has 0 radical (unpaired) electrons. The molecule has 0 unspecified atom stereocenters. The van der Waals surface area contributed by atoms with E-state index in [1.165, 1.54) is 16.8 Å². The fourth-order valence-electron chi connectivity index (χ4n) is 3.67. The van der Waals surface area contributed by atoms with Gasteiger partial charge in [-0.05, 0) is 37.1 Å². The third kappa shape index (κ3) is 4.79. The van der Waals surface area contributed by atoms with Crippen LogP contribution in [0.1, 0.15) is 41.2 Å². The van der Waals surface area contributed by atoms with E-state index in [2.05, 4.69) is 21.6 Å². The molecule has 2 aromatic carbocycles. The molecule has 176 valence electrons. The predicted molar refractivity (Wildman–Crippen MR) is 123 cm³/mol. The maximum absolute atomic E-state index is 12.9. The van der Waals surface area contributed by atoms with E-state index in [0.29, 0.717) is 34.8 Å². The molecular weight excluding hydrogens is 445 g/mol. The third-order valence-electron chi connectivity index (χ3n) is 5.41. The van der Waals surface area contributed by atoms with Crippen LogP contribution in [-0.2, 0) is 17.5 Å². The summed E-state index contributed by atoms with van der Waals surface area (Å²) in [6.07, 6.45) is -4.44. The SMILES string of the molecule is C=C(c1ccc(C(F)(F)F)cc1)c1nn([C@H](C)COCc2ccccc2)c2c(=O)[nH]c(C)nc12. The molecule has 4 rings (SSSR count). The quantitative estimate of drug-likeness (QED) is 0.400. The summed E-state index contributed by atoms with van der Waals surface area (Å²) in [5.74, 6) is 0.395. The summed E-state index contributed by atoms with van der Waals surface area (Å²) in [5, 5.41) is 4.60. The zero-order valence-electron chi connectivity index (χ0n) is 18.7. The Kier molecular flexibility index (Phi) is 6.39. The molecule has 2 aromatic heterocycles. The number of nitrogens with one attached hydrogen (secondary N) is 1. The number of aromatic nitrogens is 4. The van der Waals surface area contributed by atoms with Crippen molar-refractivity contribution in [3.8, 4) is 0 Å². The van der Waals surface area contributed by atoms with Gasteiger partial charge in [-0.3, -0.25) is 9.48 Å². The highest BCUT2D eigenvalue weighted by atomic mass is 19.4. The Bertz CT molecular complexity index is 1370. The number of H-pyrrole nitrogens is 1. The number of ether oxygens (including phenoxy) is 1. The highest BCUT2D eigenvalue weighted by Crippen LogP contribution is 2.32. The third-order valence-corrected chi connectivity index (χ3v) is 5.41. The normalized spacial score (nSPS) is 12.7. The lowest BCUT2D eigenvalue weighted by atomic mass is 10.0. The van der Waals surface area contributed by atoms with Crippen LogP contribution in [0.2, 0.25) is 0 Å². The van der Waals surface area contributed by atoms with E-state index in [4.69, 9.17) is 4.74 Å². The molecule has 1 atom stereocenters. The maximum atomic E-state index is 12.9. The number of nitrogens with zero attached hydrogens (tertiary/aromatic N) is 3. The summed E-state index contributed by atoms with van der Waals surface area (Å²) >= 11 is 0. The molecule has 2 heterocycles. The van der Waals surface area contributed by atoms with Gasteiger partial charge in [0.2, 0.25) is 0 Å². The minimum atomic E-state index is -4.44. The van der Waals surface area contributed by atoms with E-state index in [1.807, 2.05) is 37.3 Å². The number of aryl methyl sites for hydroxylation is 1. The summed E-state index contributed by atoms with van der Waals surface area (Å²) < 4.78 is 46.2. The molecule has 1 N–H and O–H groups in total. The first-order chi connectivity index (χ1) is 16.1. The summed E-state index contributed by atoms with van der Waals surface area (Å²) in [6.45, 7) is 8.23. The number of rotatable bonds is 7. The minimum absolute atomic E-state index is 0.254. The Hall–Kier alpha value is -3.72. The first-order valence-electron chi connectivity index (χ1n) is 10.6. The second-order valence-corrected chi connectivity index (χ2v) is 8.05.